The fourth-order valence-electron chi connectivity index (χ4n) is 2.44. The van der Waals surface area contributed by atoms with Crippen LogP contribution in [-0.2, 0) is 14.3 Å². The van der Waals surface area contributed by atoms with Gasteiger partial charge < -0.3 is 15.2 Å². The maximum Gasteiger partial charge on any atom is 0.310 e. The van der Waals surface area contributed by atoms with Crippen LogP contribution in [0.1, 0.15) is 12.8 Å². The molecule has 3 aliphatic rings. The average molecular weight is 223 g/mol. The second-order valence-electron chi connectivity index (χ2n) is 4.62. The summed E-state index contributed by atoms with van der Waals surface area (Å²) in [6.45, 7) is 0. The van der Waals surface area contributed by atoms with Crippen LogP contribution in [0.25, 0.3) is 0 Å². The zero-order valence-electron chi connectivity index (χ0n) is 8.63. The van der Waals surface area contributed by atoms with Crippen molar-refractivity contribution in [1.29, 1.82) is 0 Å². The molecule has 1 aliphatic carbocycles. The number of carboxylic acids is 1. The van der Waals surface area contributed by atoms with Gasteiger partial charge in [0.1, 0.15) is 5.92 Å². The summed E-state index contributed by atoms with van der Waals surface area (Å²) in [5.41, 5.74) is 0. The molecule has 5 heteroatoms. The third-order valence-electron chi connectivity index (χ3n) is 3.41. The van der Waals surface area contributed by atoms with Crippen molar-refractivity contribution in [2.24, 2.45) is 11.8 Å². The lowest BCUT2D eigenvalue weighted by Gasteiger charge is -2.20. The summed E-state index contributed by atoms with van der Waals surface area (Å²) in [5, 5.41) is 12.0. The molecule has 86 valence electrons. The number of ether oxygens (including phenoxy) is 1. The van der Waals surface area contributed by atoms with E-state index < -0.39 is 23.9 Å². The summed E-state index contributed by atoms with van der Waals surface area (Å²) in [7, 11) is 0. The van der Waals surface area contributed by atoms with Crippen molar-refractivity contribution in [3.8, 4) is 0 Å². The molecule has 2 aliphatic heterocycles. The summed E-state index contributed by atoms with van der Waals surface area (Å²) in [4.78, 5) is 23.0. The molecule has 2 heterocycles. The number of hydrogen-bond acceptors (Lipinski definition) is 3. The van der Waals surface area contributed by atoms with Crippen molar-refractivity contribution in [1.82, 2.24) is 5.32 Å². The second-order valence-corrected chi connectivity index (χ2v) is 4.62. The van der Waals surface area contributed by atoms with E-state index in [0.717, 1.165) is 12.8 Å². The first-order valence-electron chi connectivity index (χ1n) is 5.54. The Hall–Kier alpha value is -1.36. The van der Waals surface area contributed by atoms with Gasteiger partial charge in [0, 0.05) is 6.04 Å². The van der Waals surface area contributed by atoms with E-state index in [-0.39, 0.29) is 18.1 Å². The van der Waals surface area contributed by atoms with Crippen molar-refractivity contribution in [2.45, 2.75) is 31.1 Å². The maximum atomic E-state index is 11.9. The fourth-order valence-corrected chi connectivity index (χ4v) is 2.44. The van der Waals surface area contributed by atoms with E-state index in [1.54, 1.807) is 12.2 Å². The van der Waals surface area contributed by atoms with E-state index in [0.29, 0.717) is 0 Å². The number of carbonyl (C=O) groups excluding carboxylic acids is 1. The Labute approximate surface area is 92.5 Å². The molecule has 1 saturated heterocycles. The highest BCUT2D eigenvalue weighted by Gasteiger charge is 2.53. The Morgan fingerprint density at radius 2 is 1.81 bits per heavy atom. The molecule has 0 spiro atoms. The van der Waals surface area contributed by atoms with E-state index in [2.05, 4.69) is 5.32 Å². The fraction of sp³-hybridized carbons (Fsp3) is 0.636. The van der Waals surface area contributed by atoms with Crippen LogP contribution in [-0.4, -0.2) is 35.2 Å². The van der Waals surface area contributed by atoms with Gasteiger partial charge in [-0.3, -0.25) is 9.59 Å². The van der Waals surface area contributed by atoms with Gasteiger partial charge in [0.05, 0.1) is 18.1 Å². The highest BCUT2D eigenvalue weighted by atomic mass is 16.5. The molecule has 2 bridgehead atoms. The minimum absolute atomic E-state index is 0.174. The van der Waals surface area contributed by atoms with Gasteiger partial charge in [-0.25, -0.2) is 0 Å². The van der Waals surface area contributed by atoms with Gasteiger partial charge in [-0.15, -0.1) is 0 Å². The summed E-state index contributed by atoms with van der Waals surface area (Å²) < 4.78 is 5.43. The van der Waals surface area contributed by atoms with Gasteiger partial charge in [-0.1, -0.05) is 12.2 Å². The van der Waals surface area contributed by atoms with Gasteiger partial charge in [-0.2, -0.15) is 0 Å². The first-order chi connectivity index (χ1) is 7.66. The van der Waals surface area contributed by atoms with E-state index in [1.807, 2.05) is 0 Å². The van der Waals surface area contributed by atoms with Gasteiger partial charge in [-0.05, 0) is 12.8 Å². The number of nitrogens with one attached hydrogen (secondary N) is 1. The van der Waals surface area contributed by atoms with Crippen LogP contribution in [0.2, 0.25) is 0 Å². The molecule has 1 saturated carbocycles. The van der Waals surface area contributed by atoms with E-state index in [9.17, 15) is 9.59 Å². The lowest BCUT2D eigenvalue weighted by molar-refractivity contribution is -0.146. The summed E-state index contributed by atoms with van der Waals surface area (Å²) in [5.74, 6) is -2.42. The van der Waals surface area contributed by atoms with E-state index >= 15 is 0 Å². The van der Waals surface area contributed by atoms with Crippen LogP contribution in [0.4, 0.5) is 0 Å². The Kier molecular flexibility index (Phi) is 2.04. The van der Waals surface area contributed by atoms with Crippen molar-refractivity contribution >= 4 is 11.9 Å². The van der Waals surface area contributed by atoms with Crippen LogP contribution in [0.15, 0.2) is 12.2 Å². The largest absolute Gasteiger partial charge is 0.481 e. The number of rotatable bonds is 3. The molecular formula is C11H13NO4. The molecule has 3 rings (SSSR count). The van der Waals surface area contributed by atoms with Gasteiger partial charge in [0.15, 0.2) is 0 Å². The maximum absolute atomic E-state index is 11.9. The highest BCUT2D eigenvalue weighted by molar-refractivity contribution is 5.87. The topological polar surface area (TPSA) is 75.6 Å². The van der Waals surface area contributed by atoms with Crippen molar-refractivity contribution in [3.63, 3.8) is 0 Å². The average Bonchev–Trinajstić information content (AvgIpc) is 2.81. The molecule has 16 heavy (non-hydrogen) atoms. The number of hydrogen-bond donors (Lipinski definition) is 2. The quantitative estimate of drug-likeness (QED) is 0.656. The monoisotopic (exact) mass is 223 g/mol. The Morgan fingerprint density at radius 3 is 2.38 bits per heavy atom. The van der Waals surface area contributed by atoms with E-state index in [4.69, 9.17) is 9.84 Å². The van der Waals surface area contributed by atoms with Crippen LogP contribution in [0.3, 0.4) is 0 Å². The van der Waals surface area contributed by atoms with Crippen LogP contribution in [0.5, 0.6) is 0 Å². The molecule has 4 atom stereocenters. The van der Waals surface area contributed by atoms with Crippen LogP contribution in [0, 0.1) is 11.8 Å². The SMILES string of the molecule is O=C(O)[C@@H]1[C@@H](C(=O)NC2CC2)[C@H]2C=C[C@H]1O2. The normalized spacial score (nSPS) is 40.0. The smallest absolute Gasteiger partial charge is 0.310 e. The number of carboxylic acid groups (broad SMARTS) is 1. The summed E-state index contributed by atoms with van der Waals surface area (Å²) in [6, 6.07) is 0.255. The molecule has 2 N–H and O–H groups in total. The summed E-state index contributed by atoms with van der Waals surface area (Å²) >= 11 is 0. The molecule has 2 fully saturated rings. The third kappa shape index (κ3) is 1.43. The number of carbonyl (C=O) groups is 2. The number of amides is 1. The zero-order valence-corrected chi connectivity index (χ0v) is 8.63. The first-order valence-corrected chi connectivity index (χ1v) is 5.54. The number of aliphatic carboxylic acids is 1. The minimum atomic E-state index is -0.951. The molecular weight excluding hydrogens is 210 g/mol. The summed E-state index contributed by atoms with van der Waals surface area (Å²) in [6.07, 6.45) is 4.75. The molecule has 0 unspecified atom stereocenters. The van der Waals surface area contributed by atoms with Crippen LogP contribution < -0.4 is 5.32 Å². The van der Waals surface area contributed by atoms with Gasteiger partial charge >= 0.3 is 5.97 Å². The third-order valence-corrected chi connectivity index (χ3v) is 3.41. The molecule has 0 aromatic rings. The van der Waals surface area contributed by atoms with E-state index in [1.165, 1.54) is 0 Å². The molecule has 0 radical (unpaired) electrons. The molecule has 0 aromatic carbocycles. The lowest BCUT2D eigenvalue weighted by atomic mass is 9.82. The van der Waals surface area contributed by atoms with Crippen molar-refractivity contribution in [2.75, 3.05) is 0 Å². The molecule has 0 aromatic heterocycles. The predicted molar refractivity (Wildman–Crippen MR) is 53.6 cm³/mol. The Morgan fingerprint density at radius 1 is 1.19 bits per heavy atom. The Balaban J connectivity index is 1.78. The second kappa shape index (κ2) is 3.31. The van der Waals surface area contributed by atoms with Gasteiger partial charge in [0.2, 0.25) is 5.91 Å². The molecule has 1 amide bonds. The van der Waals surface area contributed by atoms with Crippen LogP contribution >= 0.6 is 0 Å². The predicted octanol–water partition coefficient (Wildman–Crippen LogP) is -0.0808. The molecule has 5 nitrogen and oxygen atoms in total. The zero-order chi connectivity index (χ0) is 11.3. The Bertz CT molecular complexity index is 374. The first kappa shape index (κ1) is 9.84. The van der Waals surface area contributed by atoms with Crippen molar-refractivity contribution in [3.05, 3.63) is 12.2 Å². The number of fused-ring (bicyclic) bond motifs is 2. The van der Waals surface area contributed by atoms with Crippen molar-refractivity contribution < 1.29 is 19.4 Å². The standard InChI is InChI=1S/C11H13NO4/c13-10(12-5-1-2-5)8-6-3-4-7(16-6)9(8)11(14)15/h3-9H,1-2H2,(H,12,13)(H,14,15)/t6-,7-,8+,9+/m1/s1. The lowest BCUT2D eigenvalue weighted by Crippen LogP contribution is -2.43. The minimum Gasteiger partial charge on any atom is -0.481 e. The highest BCUT2D eigenvalue weighted by Crippen LogP contribution is 2.39. The van der Waals surface area contributed by atoms with Gasteiger partial charge in [0.25, 0.3) is 0 Å².